The molecule has 1 aromatic rings. The van der Waals surface area contributed by atoms with Gasteiger partial charge >= 0.3 is 6.18 Å². The zero-order valence-corrected chi connectivity index (χ0v) is 8.90. The molecule has 4 heteroatoms. The lowest BCUT2D eigenvalue weighted by molar-refractivity contribution is -0.153. The summed E-state index contributed by atoms with van der Waals surface area (Å²) in [7, 11) is 0. The second-order valence-corrected chi connectivity index (χ2v) is 3.63. The van der Waals surface area contributed by atoms with Crippen molar-refractivity contribution < 1.29 is 17.9 Å². The maximum Gasteiger partial charge on any atom is 0.422 e. The fourth-order valence-electron chi connectivity index (χ4n) is 1.55. The van der Waals surface area contributed by atoms with Crippen LogP contribution in [0.1, 0.15) is 16.7 Å². The molecule has 0 aliphatic carbocycles. The minimum atomic E-state index is -4.29. The number of aryl methyl sites for hydroxylation is 3. The first-order chi connectivity index (χ1) is 6.79. The fourth-order valence-corrected chi connectivity index (χ4v) is 1.55. The van der Waals surface area contributed by atoms with Gasteiger partial charge in [0, 0.05) is 0 Å². The van der Waals surface area contributed by atoms with Gasteiger partial charge in [0.1, 0.15) is 5.75 Å². The van der Waals surface area contributed by atoms with Crippen LogP contribution in [0.4, 0.5) is 13.2 Å². The molecule has 1 nitrogen and oxygen atoms in total. The van der Waals surface area contributed by atoms with Gasteiger partial charge in [-0.1, -0.05) is 17.7 Å². The summed E-state index contributed by atoms with van der Waals surface area (Å²) < 4.78 is 40.6. The first-order valence-electron chi connectivity index (χ1n) is 4.57. The second-order valence-electron chi connectivity index (χ2n) is 3.63. The number of halogens is 3. The van der Waals surface area contributed by atoms with Gasteiger partial charge in [-0.25, -0.2) is 0 Å². The van der Waals surface area contributed by atoms with E-state index in [0.717, 1.165) is 16.7 Å². The van der Waals surface area contributed by atoms with Crippen molar-refractivity contribution in [2.24, 2.45) is 0 Å². The molecule has 0 bridgehead atoms. The zero-order valence-electron chi connectivity index (χ0n) is 8.90. The minimum Gasteiger partial charge on any atom is -0.484 e. The number of ether oxygens (including phenoxy) is 1. The molecule has 0 N–H and O–H groups in total. The maximum atomic E-state index is 12.0. The summed E-state index contributed by atoms with van der Waals surface area (Å²) in [5.74, 6) is 0.331. The summed E-state index contributed by atoms with van der Waals surface area (Å²) in [5, 5.41) is 0. The normalized spacial score (nSPS) is 11.6. The molecule has 0 radical (unpaired) electrons. The molecule has 0 aliphatic heterocycles. The van der Waals surface area contributed by atoms with E-state index in [1.165, 1.54) is 0 Å². The van der Waals surface area contributed by atoms with Crippen LogP contribution in [0.2, 0.25) is 0 Å². The van der Waals surface area contributed by atoms with Crippen LogP contribution in [0.5, 0.6) is 5.75 Å². The molecule has 0 amide bonds. The molecule has 0 atom stereocenters. The summed E-state index contributed by atoms with van der Waals surface area (Å²) in [6.45, 7) is 4.14. The second kappa shape index (κ2) is 4.13. The average Bonchev–Trinajstić information content (AvgIpc) is 1.99. The van der Waals surface area contributed by atoms with Crippen LogP contribution in [-0.2, 0) is 0 Å². The number of hydrogen-bond donors (Lipinski definition) is 0. The molecule has 15 heavy (non-hydrogen) atoms. The molecule has 1 rings (SSSR count). The molecule has 0 saturated carbocycles. The van der Waals surface area contributed by atoms with E-state index in [-0.39, 0.29) is 0 Å². The van der Waals surface area contributed by atoms with Crippen LogP contribution >= 0.6 is 0 Å². The number of benzene rings is 1. The molecule has 0 heterocycles. The Morgan fingerprint density at radius 2 is 1.53 bits per heavy atom. The van der Waals surface area contributed by atoms with E-state index in [1.54, 1.807) is 26.0 Å². The Morgan fingerprint density at radius 3 is 1.93 bits per heavy atom. The quantitative estimate of drug-likeness (QED) is 0.737. The van der Waals surface area contributed by atoms with Crippen molar-refractivity contribution >= 4 is 0 Å². The van der Waals surface area contributed by atoms with Crippen LogP contribution in [0.3, 0.4) is 0 Å². The number of alkyl halides is 3. The van der Waals surface area contributed by atoms with Crippen molar-refractivity contribution in [2.75, 3.05) is 6.61 Å². The molecule has 1 aromatic carbocycles. The van der Waals surface area contributed by atoms with Crippen LogP contribution < -0.4 is 4.74 Å². The predicted molar refractivity (Wildman–Crippen MR) is 52.2 cm³/mol. The Hall–Kier alpha value is -1.19. The summed E-state index contributed by atoms with van der Waals surface area (Å²) in [5.41, 5.74) is 2.48. The van der Waals surface area contributed by atoms with Gasteiger partial charge in [-0.3, -0.25) is 0 Å². The van der Waals surface area contributed by atoms with Crippen molar-refractivity contribution in [3.8, 4) is 5.75 Å². The van der Waals surface area contributed by atoms with E-state index < -0.39 is 12.8 Å². The molecule has 0 fully saturated rings. The third-order valence-electron chi connectivity index (χ3n) is 1.98. The molecular formula is C11H13F3O. The van der Waals surface area contributed by atoms with Gasteiger partial charge in [0.05, 0.1) is 0 Å². The number of rotatable bonds is 2. The lowest BCUT2D eigenvalue weighted by Gasteiger charge is -2.14. The Bertz CT molecular complexity index is 332. The van der Waals surface area contributed by atoms with Gasteiger partial charge in [-0.15, -0.1) is 0 Å². The highest BCUT2D eigenvalue weighted by Gasteiger charge is 2.28. The molecule has 0 spiro atoms. The van der Waals surface area contributed by atoms with E-state index in [2.05, 4.69) is 0 Å². The molecule has 0 aromatic heterocycles. The molecule has 84 valence electrons. The van der Waals surface area contributed by atoms with E-state index in [1.807, 2.05) is 6.92 Å². The molecule has 0 saturated heterocycles. The van der Waals surface area contributed by atoms with E-state index >= 15 is 0 Å². The highest BCUT2D eigenvalue weighted by atomic mass is 19.4. The van der Waals surface area contributed by atoms with Crippen molar-refractivity contribution in [1.82, 2.24) is 0 Å². The van der Waals surface area contributed by atoms with Crippen molar-refractivity contribution in [1.29, 1.82) is 0 Å². The highest BCUT2D eigenvalue weighted by Crippen LogP contribution is 2.26. The minimum absolute atomic E-state index is 0.331. The Balaban J connectivity index is 2.86. The predicted octanol–water partition coefficient (Wildman–Crippen LogP) is 3.55. The zero-order chi connectivity index (χ0) is 11.6. The largest absolute Gasteiger partial charge is 0.484 e. The highest BCUT2D eigenvalue weighted by molar-refractivity contribution is 5.42. The first-order valence-corrected chi connectivity index (χ1v) is 4.57. The summed E-state index contributed by atoms with van der Waals surface area (Å²) >= 11 is 0. The van der Waals surface area contributed by atoms with Crippen LogP contribution in [0.15, 0.2) is 12.1 Å². The van der Waals surface area contributed by atoms with Crippen molar-refractivity contribution in [3.63, 3.8) is 0 Å². The fraction of sp³-hybridized carbons (Fsp3) is 0.455. The van der Waals surface area contributed by atoms with Crippen molar-refractivity contribution in [3.05, 3.63) is 28.8 Å². The van der Waals surface area contributed by atoms with Gasteiger partial charge in [-0.2, -0.15) is 13.2 Å². The first kappa shape index (κ1) is 11.9. The molecule has 0 aliphatic rings. The Kier molecular flexibility index (Phi) is 3.27. The monoisotopic (exact) mass is 218 g/mol. The average molecular weight is 218 g/mol. The van der Waals surface area contributed by atoms with Gasteiger partial charge in [0.15, 0.2) is 6.61 Å². The van der Waals surface area contributed by atoms with Gasteiger partial charge < -0.3 is 4.74 Å². The van der Waals surface area contributed by atoms with Crippen LogP contribution in [-0.4, -0.2) is 12.8 Å². The lowest BCUT2D eigenvalue weighted by Crippen LogP contribution is -2.20. The lowest BCUT2D eigenvalue weighted by atomic mass is 10.1. The van der Waals surface area contributed by atoms with Gasteiger partial charge in [0.2, 0.25) is 0 Å². The smallest absolute Gasteiger partial charge is 0.422 e. The van der Waals surface area contributed by atoms with Crippen LogP contribution in [0, 0.1) is 20.8 Å². The topological polar surface area (TPSA) is 9.23 Å². The summed E-state index contributed by atoms with van der Waals surface area (Å²) in [6.07, 6.45) is -4.29. The van der Waals surface area contributed by atoms with E-state index in [4.69, 9.17) is 4.74 Å². The third kappa shape index (κ3) is 3.46. The Morgan fingerprint density at radius 1 is 1.07 bits per heavy atom. The van der Waals surface area contributed by atoms with Gasteiger partial charge in [0.25, 0.3) is 0 Å². The standard InChI is InChI=1S/C11H13F3O/c1-7-4-8(2)10(9(3)5-7)15-6-11(12,13)14/h4-5H,6H2,1-3H3. The van der Waals surface area contributed by atoms with Crippen molar-refractivity contribution in [2.45, 2.75) is 26.9 Å². The third-order valence-corrected chi connectivity index (χ3v) is 1.98. The molecular weight excluding hydrogens is 205 g/mol. The SMILES string of the molecule is Cc1cc(C)c(OCC(F)(F)F)c(C)c1. The maximum absolute atomic E-state index is 12.0. The summed E-state index contributed by atoms with van der Waals surface area (Å²) in [4.78, 5) is 0. The van der Waals surface area contributed by atoms with Crippen LogP contribution in [0.25, 0.3) is 0 Å². The Labute approximate surface area is 86.9 Å². The van der Waals surface area contributed by atoms with E-state index in [9.17, 15) is 13.2 Å². The summed E-state index contributed by atoms with van der Waals surface area (Å²) in [6, 6.07) is 3.61. The molecule has 0 unspecified atom stereocenters. The number of hydrogen-bond acceptors (Lipinski definition) is 1. The van der Waals surface area contributed by atoms with Gasteiger partial charge in [-0.05, 0) is 31.9 Å². The van der Waals surface area contributed by atoms with E-state index in [0.29, 0.717) is 5.75 Å².